The molecular formula is C17H21N3. The minimum atomic E-state index is 0.106. The molecule has 0 unspecified atom stereocenters. The van der Waals surface area contributed by atoms with Crippen LogP contribution < -0.4 is 10.6 Å². The summed E-state index contributed by atoms with van der Waals surface area (Å²) in [5, 5.41) is 7.68. The lowest BCUT2D eigenvalue weighted by molar-refractivity contribution is 0.903. The van der Waals surface area contributed by atoms with Crippen molar-refractivity contribution >= 4 is 11.5 Å². The number of nitrogens with one attached hydrogen (secondary N) is 1. The van der Waals surface area contributed by atoms with Gasteiger partial charge in [-0.15, -0.1) is 0 Å². The number of hydrogen-bond acceptors (Lipinski definition) is 2. The minimum Gasteiger partial charge on any atom is -0.384 e. The van der Waals surface area contributed by atoms with Crippen LogP contribution in [0.15, 0.2) is 42.5 Å². The molecule has 0 aliphatic heterocycles. The highest BCUT2D eigenvalue weighted by Crippen LogP contribution is 2.23. The van der Waals surface area contributed by atoms with Crippen LogP contribution in [-0.4, -0.2) is 12.9 Å². The van der Waals surface area contributed by atoms with Crippen LogP contribution in [0.5, 0.6) is 0 Å². The molecule has 0 aliphatic carbocycles. The monoisotopic (exact) mass is 267 g/mol. The van der Waals surface area contributed by atoms with E-state index in [2.05, 4.69) is 36.9 Å². The molecule has 0 saturated heterocycles. The van der Waals surface area contributed by atoms with E-state index in [1.807, 2.05) is 31.3 Å². The Balaban J connectivity index is 2.34. The highest BCUT2D eigenvalue weighted by atomic mass is 15.1. The number of anilines is 1. The molecule has 0 amide bonds. The summed E-state index contributed by atoms with van der Waals surface area (Å²) < 4.78 is 0. The fraction of sp³-hybridized carbons (Fsp3) is 0.235. The molecule has 0 fully saturated rings. The number of nitrogens with two attached hydrogens (primary N) is 1. The van der Waals surface area contributed by atoms with Crippen LogP contribution >= 0.6 is 0 Å². The van der Waals surface area contributed by atoms with Crippen LogP contribution in [0, 0.1) is 19.3 Å². The molecule has 0 atom stereocenters. The van der Waals surface area contributed by atoms with E-state index in [9.17, 15) is 0 Å². The number of rotatable bonds is 4. The standard InChI is InChI=1S/C17H21N3/c1-12-7-6-8-13(2)15(12)11-20(3)16-10-5-4-9-14(16)17(18)19/h4-10H,11H2,1-3H3,(H3,18,19). The van der Waals surface area contributed by atoms with Crippen molar-refractivity contribution in [3.63, 3.8) is 0 Å². The lowest BCUT2D eigenvalue weighted by Crippen LogP contribution is -2.22. The van der Waals surface area contributed by atoms with Crippen LogP contribution in [0.3, 0.4) is 0 Å². The van der Waals surface area contributed by atoms with Gasteiger partial charge in [-0.05, 0) is 42.7 Å². The normalized spacial score (nSPS) is 10.3. The SMILES string of the molecule is Cc1cccc(C)c1CN(C)c1ccccc1C(=N)N. The van der Waals surface area contributed by atoms with Crippen molar-refractivity contribution in [2.45, 2.75) is 20.4 Å². The Morgan fingerprint density at radius 1 is 1.05 bits per heavy atom. The van der Waals surface area contributed by atoms with Gasteiger partial charge in [0.05, 0.1) is 0 Å². The molecule has 0 heterocycles. The van der Waals surface area contributed by atoms with Crippen molar-refractivity contribution in [3.05, 3.63) is 64.7 Å². The Morgan fingerprint density at radius 2 is 1.65 bits per heavy atom. The van der Waals surface area contributed by atoms with Gasteiger partial charge in [-0.25, -0.2) is 0 Å². The van der Waals surface area contributed by atoms with Gasteiger partial charge in [0.2, 0.25) is 0 Å². The molecule has 2 aromatic carbocycles. The molecule has 0 aliphatic rings. The molecule has 0 radical (unpaired) electrons. The molecule has 2 rings (SSSR count). The van der Waals surface area contributed by atoms with E-state index in [0.29, 0.717) is 0 Å². The van der Waals surface area contributed by atoms with Crippen molar-refractivity contribution in [2.24, 2.45) is 5.73 Å². The maximum absolute atomic E-state index is 7.68. The average Bonchev–Trinajstić information content (AvgIpc) is 2.43. The number of para-hydroxylation sites is 1. The molecule has 3 nitrogen and oxygen atoms in total. The van der Waals surface area contributed by atoms with Crippen LogP contribution in [0.2, 0.25) is 0 Å². The van der Waals surface area contributed by atoms with Crippen molar-refractivity contribution in [1.82, 2.24) is 0 Å². The van der Waals surface area contributed by atoms with E-state index in [0.717, 1.165) is 17.8 Å². The quantitative estimate of drug-likeness (QED) is 0.660. The van der Waals surface area contributed by atoms with Gasteiger partial charge in [-0.2, -0.15) is 0 Å². The maximum atomic E-state index is 7.68. The van der Waals surface area contributed by atoms with Gasteiger partial charge in [0.25, 0.3) is 0 Å². The molecule has 3 N–H and O–H groups in total. The van der Waals surface area contributed by atoms with Gasteiger partial charge < -0.3 is 10.6 Å². The Bertz CT molecular complexity index is 612. The number of amidine groups is 1. The van der Waals surface area contributed by atoms with Gasteiger partial charge in [-0.1, -0.05) is 30.3 Å². The van der Waals surface area contributed by atoms with Crippen molar-refractivity contribution in [2.75, 3.05) is 11.9 Å². The van der Waals surface area contributed by atoms with Gasteiger partial charge in [0, 0.05) is 24.8 Å². The lowest BCUT2D eigenvalue weighted by Gasteiger charge is -2.24. The molecular weight excluding hydrogens is 246 g/mol. The Kier molecular flexibility index (Phi) is 4.08. The smallest absolute Gasteiger partial charge is 0.124 e. The number of nitrogens with zero attached hydrogens (tertiary/aromatic N) is 1. The zero-order chi connectivity index (χ0) is 14.7. The number of hydrogen-bond donors (Lipinski definition) is 2. The second-order valence-electron chi connectivity index (χ2n) is 5.16. The summed E-state index contributed by atoms with van der Waals surface area (Å²) in [5.41, 5.74) is 11.3. The molecule has 20 heavy (non-hydrogen) atoms. The summed E-state index contributed by atoms with van der Waals surface area (Å²) in [4.78, 5) is 2.14. The number of benzene rings is 2. The van der Waals surface area contributed by atoms with E-state index >= 15 is 0 Å². The molecule has 0 saturated carbocycles. The summed E-state index contributed by atoms with van der Waals surface area (Å²) in [6.45, 7) is 5.07. The summed E-state index contributed by atoms with van der Waals surface area (Å²) in [7, 11) is 2.04. The maximum Gasteiger partial charge on any atom is 0.124 e. The molecule has 3 heteroatoms. The first kappa shape index (κ1) is 14.1. The highest BCUT2D eigenvalue weighted by Gasteiger charge is 2.11. The molecule has 104 valence electrons. The fourth-order valence-corrected chi connectivity index (χ4v) is 2.45. The van der Waals surface area contributed by atoms with Gasteiger partial charge in [-0.3, -0.25) is 5.41 Å². The number of aryl methyl sites for hydroxylation is 2. The summed E-state index contributed by atoms with van der Waals surface area (Å²) in [6.07, 6.45) is 0. The highest BCUT2D eigenvalue weighted by molar-refractivity contribution is 6.00. The fourth-order valence-electron chi connectivity index (χ4n) is 2.45. The number of nitrogen functional groups attached to an aromatic ring is 1. The largest absolute Gasteiger partial charge is 0.384 e. The first-order valence-corrected chi connectivity index (χ1v) is 6.70. The predicted octanol–water partition coefficient (Wildman–Crippen LogP) is 3.22. The zero-order valence-corrected chi connectivity index (χ0v) is 12.3. The second-order valence-corrected chi connectivity index (χ2v) is 5.16. The van der Waals surface area contributed by atoms with Crippen molar-refractivity contribution < 1.29 is 0 Å². The van der Waals surface area contributed by atoms with Crippen LogP contribution in [0.4, 0.5) is 5.69 Å². The van der Waals surface area contributed by atoms with E-state index in [-0.39, 0.29) is 5.84 Å². The molecule has 0 bridgehead atoms. The summed E-state index contributed by atoms with van der Waals surface area (Å²) >= 11 is 0. The Labute approximate surface area is 120 Å². The first-order valence-electron chi connectivity index (χ1n) is 6.70. The topological polar surface area (TPSA) is 53.1 Å². The zero-order valence-electron chi connectivity index (χ0n) is 12.3. The predicted molar refractivity (Wildman–Crippen MR) is 85.5 cm³/mol. The minimum absolute atomic E-state index is 0.106. The van der Waals surface area contributed by atoms with Gasteiger partial charge >= 0.3 is 0 Å². The molecule has 0 spiro atoms. The lowest BCUT2D eigenvalue weighted by atomic mass is 10.0. The van der Waals surface area contributed by atoms with Crippen molar-refractivity contribution in [1.29, 1.82) is 5.41 Å². The van der Waals surface area contributed by atoms with E-state index in [1.54, 1.807) is 0 Å². The van der Waals surface area contributed by atoms with Crippen molar-refractivity contribution in [3.8, 4) is 0 Å². The van der Waals surface area contributed by atoms with Crippen LogP contribution in [0.1, 0.15) is 22.3 Å². The summed E-state index contributed by atoms with van der Waals surface area (Å²) in [5.74, 6) is 0.106. The van der Waals surface area contributed by atoms with Crippen LogP contribution in [0.25, 0.3) is 0 Å². The first-order chi connectivity index (χ1) is 9.50. The molecule has 2 aromatic rings. The van der Waals surface area contributed by atoms with E-state index < -0.39 is 0 Å². The third kappa shape index (κ3) is 2.82. The third-order valence-electron chi connectivity index (χ3n) is 3.65. The summed E-state index contributed by atoms with van der Waals surface area (Å²) in [6, 6.07) is 14.1. The average molecular weight is 267 g/mol. The van der Waals surface area contributed by atoms with Crippen LogP contribution in [-0.2, 0) is 6.54 Å². The second kappa shape index (κ2) is 5.78. The third-order valence-corrected chi connectivity index (χ3v) is 3.65. The van der Waals surface area contributed by atoms with Gasteiger partial charge in [0.15, 0.2) is 0 Å². The van der Waals surface area contributed by atoms with E-state index in [4.69, 9.17) is 11.1 Å². The van der Waals surface area contributed by atoms with E-state index in [1.165, 1.54) is 16.7 Å². The Morgan fingerprint density at radius 3 is 2.25 bits per heavy atom. The van der Waals surface area contributed by atoms with Gasteiger partial charge in [0.1, 0.15) is 5.84 Å². The Hall–Kier alpha value is -2.29. The molecule has 0 aromatic heterocycles.